The van der Waals surface area contributed by atoms with Gasteiger partial charge in [-0.15, -0.1) is 11.3 Å². The monoisotopic (exact) mass is 473 g/mol. The van der Waals surface area contributed by atoms with Crippen LogP contribution in [0, 0.1) is 11.8 Å². The van der Waals surface area contributed by atoms with Gasteiger partial charge in [-0.05, 0) is 36.1 Å². The Hall–Kier alpha value is -3.27. The maximum absolute atomic E-state index is 12.8. The molecule has 9 nitrogen and oxygen atoms in total. The van der Waals surface area contributed by atoms with Crippen LogP contribution in [-0.2, 0) is 9.47 Å². The van der Waals surface area contributed by atoms with Crippen LogP contribution in [0.15, 0.2) is 30.3 Å². The normalized spacial score (nSPS) is 20.4. The molecular formula is C23H27N3O6S. The largest absolute Gasteiger partial charge is 0.459 e. The van der Waals surface area contributed by atoms with E-state index in [2.05, 4.69) is 15.6 Å². The van der Waals surface area contributed by atoms with Gasteiger partial charge in [0.25, 0.3) is 11.8 Å². The molecule has 2 amide bonds. The molecule has 2 aromatic heterocycles. The van der Waals surface area contributed by atoms with Crippen LogP contribution in [0.2, 0.25) is 0 Å². The molecular weight excluding hydrogens is 446 g/mol. The van der Waals surface area contributed by atoms with Gasteiger partial charge >= 0.3 is 11.9 Å². The molecule has 0 fully saturated rings. The zero-order valence-corrected chi connectivity index (χ0v) is 19.7. The summed E-state index contributed by atoms with van der Waals surface area (Å²) >= 11 is 0.965. The molecule has 2 aromatic rings. The van der Waals surface area contributed by atoms with E-state index in [0.717, 1.165) is 11.3 Å². The summed E-state index contributed by atoms with van der Waals surface area (Å²) in [6, 6.07) is 6.61. The van der Waals surface area contributed by atoms with Crippen LogP contribution in [0.5, 0.6) is 0 Å². The number of amides is 2. The minimum atomic E-state index is -0.590. The lowest BCUT2D eigenvalue weighted by molar-refractivity contribution is 0.0434. The molecule has 4 bridgehead atoms. The third-order valence-corrected chi connectivity index (χ3v) is 6.30. The zero-order valence-electron chi connectivity index (χ0n) is 18.9. The van der Waals surface area contributed by atoms with Gasteiger partial charge in [-0.1, -0.05) is 33.8 Å². The molecule has 1 aliphatic heterocycles. The highest BCUT2D eigenvalue weighted by Crippen LogP contribution is 2.20. The Labute approximate surface area is 195 Å². The van der Waals surface area contributed by atoms with Gasteiger partial charge in [-0.2, -0.15) is 0 Å². The zero-order chi connectivity index (χ0) is 24.1. The van der Waals surface area contributed by atoms with Crippen LogP contribution in [-0.4, -0.2) is 54.0 Å². The van der Waals surface area contributed by atoms with Crippen LogP contribution < -0.4 is 10.6 Å². The van der Waals surface area contributed by atoms with E-state index in [1.54, 1.807) is 6.07 Å². The van der Waals surface area contributed by atoms with Gasteiger partial charge in [0.2, 0.25) is 0 Å². The summed E-state index contributed by atoms with van der Waals surface area (Å²) < 4.78 is 10.8. The predicted molar refractivity (Wildman–Crippen MR) is 121 cm³/mol. The van der Waals surface area contributed by atoms with Crippen molar-refractivity contribution in [2.45, 2.75) is 39.8 Å². The fraction of sp³-hybridized carbons (Fsp3) is 0.435. The first-order valence-corrected chi connectivity index (χ1v) is 11.5. The maximum atomic E-state index is 12.8. The molecule has 1 aliphatic rings. The summed E-state index contributed by atoms with van der Waals surface area (Å²) in [6.45, 7) is 7.41. The number of carbonyl (C=O) groups is 4. The Bertz CT molecular complexity index is 973. The molecule has 2 unspecified atom stereocenters. The third kappa shape index (κ3) is 6.16. The third-order valence-electron chi connectivity index (χ3n) is 5.25. The summed E-state index contributed by atoms with van der Waals surface area (Å²) in [5, 5.41) is 5.64. The van der Waals surface area contributed by atoms with Crippen molar-refractivity contribution in [2.24, 2.45) is 11.8 Å². The Morgan fingerprint density at radius 1 is 0.788 bits per heavy atom. The number of nitrogens with zero attached hydrogens (tertiary/aromatic N) is 1. The average Bonchev–Trinajstić information content (AvgIpc) is 3.28. The van der Waals surface area contributed by atoms with E-state index in [-0.39, 0.29) is 46.2 Å². The number of thiophene rings is 1. The summed E-state index contributed by atoms with van der Waals surface area (Å²) in [7, 11) is 0. The molecule has 10 heteroatoms. The number of cyclic esters (lactones) is 2. The molecule has 0 aromatic carbocycles. The molecule has 0 saturated heterocycles. The van der Waals surface area contributed by atoms with Crippen LogP contribution in [0.1, 0.15) is 68.0 Å². The van der Waals surface area contributed by atoms with Gasteiger partial charge in [-0.3, -0.25) is 9.59 Å². The van der Waals surface area contributed by atoms with E-state index in [1.807, 2.05) is 27.7 Å². The minimum Gasteiger partial charge on any atom is -0.459 e. The summed E-state index contributed by atoms with van der Waals surface area (Å²) in [4.78, 5) is 55.2. The van der Waals surface area contributed by atoms with E-state index < -0.39 is 35.8 Å². The molecule has 0 spiro atoms. The van der Waals surface area contributed by atoms with E-state index in [4.69, 9.17) is 9.47 Å². The fourth-order valence-corrected chi connectivity index (χ4v) is 3.80. The molecule has 3 rings (SSSR count). The molecule has 176 valence electrons. The summed E-state index contributed by atoms with van der Waals surface area (Å²) in [5.74, 6) is -2.22. The lowest BCUT2D eigenvalue weighted by atomic mass is 10.0. The van der Waals surface area contributed by atoms with E-state index in [0.29, 0.717) is 0 Å². The predicted octanol–water partition coefficient (Wildman–Crippen LogP) is 2.68. The Morgan fingerprint density at radius 2 is 1.21 bits per heavy atom. The number of pyridine rings is 1. The van der Waals surface area contributed by atoms with Gasteiger partial charge in [0.05, 0.1) is 12.1 Å². The van der Waals surface area contributed by atoms with Crippen molar-refractivity contribution in [3.63, 3.8) is 0 Å². The number of nitrogens with one attached hydrogen (secondary N) is 2. The number of hydrogen-bond acceptors (Lipinski definition) is 8. The highest BCUT2D eigenvalue weighted by atomic mass is 32.1. The van der Waals surface area contributed by atoms with Gasteiger partial charge in [0.1, 0.15) is 34.4 Å². The molecule has 0 saturated carbocycles. The lowest BCUT2D eigenvalue weighted by Crippen LogP contribution is -2.43. The standard InChI is InChI=1S/C23H27N3O6S/c1-12(2)16-10-31-22(29)18-8-9-19(33-18)23(30)32-11-17(13(3)4)26-21(28)15-7-5-6-14(24-15)20(27)25-16/h5-9,12-13,16-17H,10-11H2,1-4H3,(H,25,27)(H,26,28). The second-order valence-electron chi connectivity index (χ2n) is 8.42. The number of esters is 2. The quantitative estimate of drug-likeness (QED) is 0.643. The Balaban J connectivity index is 1.93. The van der Waals surface area contributed by atoms with E-state index in [1.165, 1.54) is 24.3 Å². The summed E-state index contributed by atoms with van der Waals surface area (Å²) in [6.07, 6.45) is 0. The fourth-order valence-electron chi connectivity index (χ4n) is 3.00. The molecule has 0 radical (unpaired) electrons. The second kappa shape index (κ2) is 10.6. The number of rotatable bonds is 2. The van der Waals surface area contributed by atoms with Crippen molar-refractivity contribution in [3.05, 3.63) is 51.5 Å². The maximum Gasteiger partial charge on any atom is 0.348 e. The van der Waals surface area contributed by atoms with Crippen LogP contribution in [0.25, 0.3) is 0 Å². The van der Waals surface area contributed by atoms with Crippen molar-refractivity contribution < 1.29 is 28.7 Å². The van der Waals surface area contributed by atoms with Gasteiger partial charge in [-0.25, -0.2) is 14.6 Å². The molecule has 3 heterocycles. The lowest BCUT2D eigenvalue weighted by Gasteiger charge is -2.23. The first-order chi connectivity index (χ1) is 15.7. The average molecular weight is 474 g/mol. The summed E-state index contributed by atoms with van der Waals surface area (Å²) in [5.41, 5.74) is 0.132. The van der Waals surface area contributed by atoms with Gasteiger partial charge < -0.3 is 20.1 Å². The van der Waals surface area contributed by atoms with Gasteiger partial charge in [0.15, 0.2) is 0 Å². The SMILES string of the molecule is CC(C)C1COC(=O)c2ccc(s2)C(=O)OCC(C(C)C)NC(=O)c2cccc(n2)C(=O)N1. The number of ether oxygens (including phenoxy) is 2. The van der Waals surface area contributed by atoms with Gasteiger partial charge in [0, 0.05) is 0 Å². The molecule has 0 aliphatic carbocycles. The highest BCUT2D eigenvalue weighted by molar-refractivity contribution is 7.15. The van der Waals surface area contributed by atoms with Crippen LogP contribution in [0.4, 0.5) is 0 Å². The van der Waals surface area contributed by atoms with Crippen molar-refractivity contribution in [3.8, 4) is 0 Å². The van der Waals surface area contributed by atoms with Crippen LogP contribution in [0.3, 0.4) is 0 Å². The number of aromatic nitrogens is 1. The first-order valence-electron chi connectivity index (χ1n) is 10.7. The van der Waals surface area contributed by atoms with Crippen LogP contribution >= 0.6 is 11.3 Å². The van der Waals surface area contributed by atoms with Crippen molar-refractivity contribution >= 4 is 35.1 Å². The van der Waals surface area contributed by atoms with E-state index in [9.17, 15) is 19.2 Å². The number of hydrogen-bond donors (Lipinski definition) is 2. The molecule has 2 atom stereocenters. The topological polar surface area (TPSA) is 124 Å². The number of fused-ring (bicyclic) bond motifs is 4. The second-order valence-corrected chi connectivity index (χ2v) is 9.50. The molecule has 2 N–H and O–H groups in total. The van der Waals surface area contributed by atoms with Crippen molar-refractivity contribution in [1.82, 2.24) is 15.6 Å². The highest BCUT2D eigenvalue weighted by Gasteiger charge is 2.25. The van der Waals surface area contributed by atoms with Crippen molar-refractivity contribution in [1.29, 1.82) is 0 Å². The van der Waals surface area contributed by atoms with E-state index >= 15 is 0 Å². The Morgan fingerprint density at radius 3 is 1.61 bits per heavy atom. The minimum absolute atomic E-state index is 0.0421. The first kappa shape index (κ1) is 24.4. The molecule has 33 heavy (non-hydrogen) atoms. The number of carbonyl (C=O) groups excluding carboxylic acids is 4. The smallest absolute Gasteiger partial charge is 0.348 e. The Kier molecular flexibility index (Phi) is 7.80. The van der Waals surface area contributed by atoms with Crippen molar-refractivity contribution in [2.75, 3.05) is 13.2 Å².